The van der Waals surface area contributed by atoms with E-state index < -0.39 is 0 Å². The zero-order chi connectivity index (χ0) is 14.4. The Morgan fingerprint density at radius 3 is 2.50 bits per heavy atom. The molecule has 0 spiro atoms. The van der Waals surface area contributed by atoms with E-state index >= 15 is 0 Å². The van der Waals surface area contributed by atoms with Gasteiger partial charge in [0.05, 0.1) is 12.3 Å². The number of ether oxygens (including phenoxy) is 1. The van der Waals surface area contributed by atoms with E-state index in [0.29, 0.717) is 0 Å². The fourth-order valence-electron chi connectivity index (χ4n) is 1.95. The van der Waals surface area contributed by atoms with Crippen molar-refractivity contribution in [3.63, 3.8) is 0 Å². The lowest BCUT2D eigenvalue weighted by Gasteiger charge is -2.23. The average Bonchev–Trinajstić information content (AvgIpc) is 2.53. The van der Waals surface area contributed by atoms with Crippen LogP contribution in [0.4, 0.5) is 0 Å². The fourth-order valence-corrected chi connectivity index (χ4v) is 1.95. The highest BCUT2D eigenvalue weighted by Gasteiger charge is 2.21. The fraction of sp³-hybridized carbons (Fsp3) is 0.312. The summed E-state index contributed by atoms with van der Waals surface area (Å²) >= 11 is 0. The summed E-state index contributed by atoms with van der Waals surface area (Å²) in [5.41, 5.74) is 7.83. The van der Waals surface area contributed by atoms with Crippen LogP contribution in [0.15, 0.2) is 48.7 Å². The predicted molar refractivity (Wildman–Crippen MR) is 78.2 cm³/mol. The molecule has 2 aromatic rings. The van der Waals surface area contributed by atoms with Gasteiger partial charge in [-0.2, -0.15) is 0 Å². The van der Waals surface area contributed by atoms with Crippen molar-refractivity contribution in [2.75, 3.05) is 0 Å². The summed E-state index contributed by atoms with van der Waals surface area (Å²) in [4.78, 5) is 4.33. The van der Waals surface area contributed by atoms with Crippen LogP contribution in [0.2, 0.25) is 0 Å². The van der Waals surface area contributed by atoms with Gasteiger partial charge in [0.25, 0.3) is 0 Å². The van der Waals surface area contributed by atoms with Crippen LogP contribution in [0, 0.1) is 0 Å². The number of aliphatic hydroxyl groups is 1. The van der Waals surface area contributed by atoms with Crippen molar-refractivity contribution < 1.29 is 9.84 Å². The van der Waals surface area contributed by atoms with E-state index in [0.717, 1.165) is 23.4 Å². The molecule has 0 aliphatic heterocycles. The van der Waals surface area contributed by atoms with E-state index in [4.69, 9.17) is 15.6 Å². The summed E-state index contributed by atoms with van der Waals surface area (Å²) in [7, 11) is 0. The summed E-state index contributed by atoms with van der Waals surface area (Å²) < 4.78 is 5.98. The summed E-state index contributed by atoms with van der Waals surface area (Å²) in [5, 5.41) is 9.04. The number of benzene rings is 1. The smallest absolute Gasteiger partial charge is 0.155 e. The Bertz CT molecular complexity index is 514. The quantitative estimate of drug-likeness (QED) is 0.847. The van der Waals surface area contributed by atoms with Crippen LogP contribution in [0.25, 0.3) is 0 Å². The van der Waals surface area contributed by atoms with Crippen molar-refractivity contribution >= 4 is 0 Å². The van der Waals surface area contributed by atoms with Crippen LogP contribution >= 0.6 is 0 Å². The Balaban J connectivity index is 2.19. The molecule has 0 saturated carbocycles. The number of hydrogen-bond acceptors (Lipinski definition) is 4. The average molecular weight is 272 g/mol. The first-order valence-electron chi connectivity index (χ1n) is 6.77. The van der Waals surface area contributed by atoms with Crippen LogP contribution < -0.4 is 10.5 Å². The highest BCUT2D eigenvalue weighted by Crippen LogP contribution is 2.24. The summed E-state index contributed by atoms with van der Waals surface area (Å²) in [6.45, 7) is 2.05. The summed E-state index contributed by atoms with van der Waals surface area (Å²) in [6.07, 6.45) is 2.26. The van der Waals surface area contributed by atoms with Crippen LogP contribution in [0.5, 0.6) is 5.75 Å². The molecule has 0 bridgehead atoms. The molecule has 0 aliphatic rings. The van der Waals surface area contributed by atoms with Crippen LogP contribution in [0.1, 0.15) is 30.7 Å². The second-order valence-corrected chi connectivity index (χ2v) is 4.67. The standard InChI is InChI=1S/C16H20N2O2/c1-2-14(17)16(15-5-3-4-10-18-15)20-13-8-6-12(11-19)7-9-13/h3-10,14,16,19H,2,11,17H2,1H3. The van der Waals surface area contributed by atoms with Crippen molar-refractivity contribution in [3.05, 3.63) is 59.9 Å². The van der Waals surface area contributed by atoms with E-state index in [1.807, 2.05) is 49.4 Å². The van der Waals surface area contributed by atoms with Gasteiger partial charge in [0.2, 0.25) is 0 Å². The van der Waals surface area contributed by atoms with E-state index in [-0.39, 0.29) is 18.8 Å². The Hall–Kier alpha value is -1.91. The van der Waals surface area contributed by atoms with Gasteiger partial charge in [0.15, 0.2) is 6.10 Å². The Morgan fingerprint density at radius 2 is 1.95 bits per heavy atom. The normalized spacial score (nSPS) is 13.8. The van der Waals surface area contributed by atoms with Gasteiger partial charge in [0.1, 0.15) is 5.75 Å². The molecule has 2 atom stereocenters. The number of nitrogens with two attached hydrogens (primary N) is 1. The van der Waals surface area contributed by atoms with Crippen molar-refractivity contribution in [2.24, 2.45) is 5.73 Å². The van der Waals surface area contributed by atoms with Crippen LogP contribution in [-0.4, -0.2) is 16.1 Å². The molecule has 0 radical (unpaired) electrons. The van der Waals surface area contributed by atoms with Gasteiger partial charge < -0.3 is 15.6 Å². The molecule has 0 aliphatic carbocycles. The second-order valence-electron chi connectivity index (χ2n) is 4.67. The third-order valence-corrected chi connectivity index (χ3v) is 3.21. The number of nitrogens with zero attached hydrogens (tertiary/aromatic N) is 1. The number of aromatic nitrogens is 1. The van der Waals surface area contributed by atoms with E-state index in [1.165, 1.54) is 0 Å². The number of hydrogen-bond donors (Lipinski definition) is 2. The van der Waals surface area contributed by atoms with Gasteiger partial charge in [-0.3, -0.25) is 4.98 Å². The Kier molecular flexibility index (Phi) is 5.09. The lowest BCUT2D eigenvalue weighted by molar-refractivity contribution is 0.166. The molecule has 3 N–H and O–H groups in total. The highest BCUT2D eigenvalue weighted by molar-refractivity contribution is 5.28. The zero-order valence-corrected chi connectivity index (χ0v) is 11.6. The lowest BCUT2D eigenvalue weighted by Crippen LogP contribution is -2.32. The zero-order valence-electron chi connectivity index (χ0n) is 11.6. The lowest BCUT2D eigenvalue weighted by atomic mass is 10.1. The first kappa shape index (κ1) is 14.5. The van der Waals surface area contributed by atoms with E-state index in [9.17, 15) is 0 Å². The maximum absolute atomic E-state index is 9.04. The molecule has 4 heteroatoms. The van der Waals surface area contributed by atoms with Crippen molar-refractivity contribution in [1.29, 1.82) is 0 Å². The van der Waals surface area contributed by atoms with Crippen LogP contribution in [0.3, 0.4) is 0 Å². The van der Waals surface area contributed by atoms with Crippen molar-refractivity contribution in [3.8, 4) is 5.75 Å². The monoisotopic (exact) mass is 272 g/mol. The minimum atomic E-state index is -0.277. The molecule has 1 heterocycles. The largest absolute Gasteiger partial charge is 0.482 e. The van der Waals surface area contributed by atoms with E-state index in [1.54, 1.807) is 6.20 Å². The third kappa shape index (κ3) is 3.56. The number of rotatable bonds is 6. The molecular formula is C16H20N2O2. The molecule has 2 rings (SSSR count). The Labute approximate surface area is 119 Å². The van der Waals surface area contributed by atoms with Crippen molar-refractivity contribution in [1.82, 2.24) is 4.98 Å². The number of aliphatic hydroxyl groups excluding tert-OH is 1. The third-order valence-electron chi connectivity index (χ3n) is 3.21. The minimum absolute atomic E-state index is 0.0262. The molecule has 20 heavy (non-hydrogen) atoms. The molecule has 0 saturated heterocycles. The predicted octanol–water partition coefficient (Wildman–Crippen LogP) is 2.43. The summed E-state index contributed by atoms with van der Waals surface area (Å²) in [5.74, 6) is 0.724. The molecule has 1 aromatic carbocycles. The van der Waals surface area contributed by atoms with Gasteiger partial charge in [-0.25, -0.2) is 0 Å². The maximum atomic E-state index is 9.04. The van der Waals surface area contributed by atoms with Gasteiger partial charge in [-0.15, -0.1) is 0 Å². The van der Waals surface area contributed by atoms with E-state index in [2.05, 4.69) is 4.98 Å². The minimum Gasteiger partial charge on any atom is -0.482 e. The Morgan fingerprint density at radius 1 is 1.20 bits per heavy atom. The molecule has 4 nitrogen and oxygen atoms in total. The number of pyridine rings is 1. The topological polar surface area (TPSA) is 68.4 Å². The van der Waals surface area contributed by atoms with Crippen molar-refractivity contribution in [2.45, 2.75) is 32.1 Å². The molecule has 106 valence electrons. The van der Waals surface area contributed by atoms with Gasteiger partial charge in [-0.05, 0) is 36.2 Å². The molecule has 1 aromatic heterocycles. The van der Waals surface area contributed by atoms with Gasteiger partial charge >= 0.3 is 0 Å². The molecule has 0 fully saturated rings. The molecule has 0 amide bonds. The van der Waals surface area contributed by atoms with Gasteiger partial charge in [0, 0.05) is 12.2 Å². The molecule has 2 unspecified atom stereocenters. The van der Waals surface area contributed by atoms with Crippen LogP contribution in [-0.2, 0) is 6.61 Å². The maximum Gasteiger partial charge on any atom is 0.155 e. The first-order chi connectivity index (χ1) is 9.74. The molecular weight excluding hydrogens is 252 g/mol. The second kappa shape index (κ2) is 7.03. The summed E-state index contributed by atoms with van der Waals surface area (Å²) in [6, 6.07) is 12.9. The highest BCUT2D eigenvalue weighted by atomic mass is 16.5. The van der Waals surface area contributed by atoms with Gasteiger partial charge in [-0.1, -0.05) is 25.1 Å². The SMILES string of the molecule is CCC(N)C(Oc1ccc(CO)cc1)c1ccccn1. The first-order valence-corrected chi connectivity index (χ1v) is 6.77.